The molecule has 0 spiro atoms. The second-order valence-corrected chi connectivity index (χ2v) is 10.8. The summed E-state index contributed by atoms with van der Waals surface area (Å²) >= 11 is 7.38. The topological polar surface area (TPSA) is 103 Å². The number of aromatic nitrogens is 2. The number of fused-ring (bicyclic) bond motifs is 1. The number of carbonyl (C=O) groups excluding carboxylic acids is 1. The number of esters is 1. The van der Waals surface area contributed by atoms with Crippen molar-refractivity contribution in [3.63, 3.8) is 0 Å². The summed E-state index contributed by atoms with van der Waals surface area (Å²) < 4.78 is 9.36. The van der Waals surface area contributed by atoms with Crippen molar-refractivity contribution < 1.29 is 19.4 Å². The summed E-state index contributed by atoms with van der Waals surface area (Å²) in [7, 11) is 0. The Kier molecular flexibility index (Phi) is 7.35. The van der Waals surface area contributed by atoms with Crippen LogP contribution in [0.15, 0.2) is 75.7 Å². The van der Waals surface area contributed by atoms with Crippen LogP contribution in [0.3, 0.4) is 0 Å². The molecule has 1 atom stereocenters. The predicted molar refractivity (Wildman–Crippen MR) is 154 cm³/mol. The molecule has 204 valence electrons. The molecule has 10 heteroatoms. The van der Waals surface area contributed by atoms with E-state index in [2.05, 4.69) is 4.99 Å². The van der Waals surface area contributed by atoms with Gasteiger partial charge in [-0.05, 0) is 87.4 Å². The molecule has 40 heavy (non-hydrogen) atoms. The molecule has 1 aliphatic rings. The van der Waals surface area contributed by atoms with Gasteiger partial charge in [-0.25, -0.2) is 14.6 Å². The maximum absolute atomic E-state index is 13.9. The van der Waals surface area contributed by atoms with Crippen LogP contribution in [-0.2, 0) is 9.53 Å². The average Bonchev–Trinajstić information content (AvgIpc) is 3.37. The molecule has 0 bridgehead atoms. The monoisotopic (exact) mass is 575 g/mol. The van der Waals surface area contributed by atoms with Crippen LogP contribution < -0.4 is 14.9 Å². The van der Waals surface area contributed by atoms with Crippen LogP contribution in [-0.4, -0.2) is 32.8 Å². The minimum Gasteiger partial charge on any atom is -0.478 e. The molecular formula is C30H26ClN3O5S. The molecule has 3 heterocycles. The average molecular weight is 576 g/mol. The first-order valence-corrected chi connectivity index (χ1v) is 13.8. The normalized spacial score (nSPS) is 15.1. The highest BCUT2D eigenvalue weighted by Crippen LogP contribution is 2.31. The van der Waals surface area contributed by atoms with E-state index < -0.39 is 18.0 Å². The third kappa shape index (κ3) is 4.82. The third-order valence-corrected chi connectivity index (χ3v) is 8.07. The van der Waals surface area contributed by atoms with Crippen LogP contribution in [0.1, 0.15) is 52.8 Å². The summed E-state index contributed by atoms with van der Waals surface area (Å²) in [5, 5.41) is 9.77. The summed E-state index contributed by atoms with van der Waals surface area (Å²) in [5.41, 5.74) is 4.95. The number of hydrogen-bond acceptors (Lipinski definition) is 6. The number of carboxylic acid groups (broad SMARTS) is 1. The van der Waals surface area contributed by atoms with Crippen molar-refractivity contribution in [3.8, 4) is 5.69 Å². The summed E-state index contributed by atoms with van der Waals surface area (Å²) in [6, 6.07) is 14.9. The van der Waals surface area contributed by atoms with Gasteiger partial charge in [-0.1, -0.05) is 35.1 Å². The van der Waals surface area contributed by atoms with E-state index in [4.69, 9.17) is 16.3 Å². The van der Waals surface area contributed by atoms with E-state index in [-0.39, 0.29) is 17.7 Å². The molecule has 4 aromatic rings. The van der Waals surface area contributed by atoms with E-state index in [0.29, 0.717) is 25.6 Å². The van der Waals surface area contributed by atoms with Crippen LogP contribution in [0.5, 0.6) is 0 Å². The Morgan fingerprint density at radius 3 is 2.40 bits per heavy atom. The number of ether oxygens (including phenoxy) is 1. The van der Waals surface area contributed by atoms with Gasteiger partial charge in [0.1, 0.15) is 0 Å². The van der Waals surface area contributed by atoms with E-state index in [1.165, 1.54) is 11.3 Å². The predicted octanol–water partition coefficient (Wildman–Crippen LogP) is 4.56. The van der Waals surface area contributed by atoms with E-state index in [9.17, 15) is 19.5 Å². The molecule has 2 aromatic carbocycles. The van der Waals surface area contributed by atoms with Crippen LogP contribution in [0.2, 0.25) is 5.02 Å². The van der Waals surface area contributed by atoms with Gasteiger partial charge in [0.05, 0.1) is 34.0 Å². The highest BCUT2D eigenvalue weighted by Gasteiger charge is 2.33. The third-order valence-electron chi connectivity index (χ3n) is 6.83. The Labute approximate surface area is 238 Å². The second-order valence-electron chi connectivity index (χ2n) is 9.37. The number of aryl methyl sites for hydroxylation is 1. The molecule has 0 saturated carbocycles. The van der Waals surface area contributed by atoms with Gasteiger partial charge < -0.3 is 14.4 Å². The van der Waals surface area contributed by atoms with Crippen molar-refractivity contribution in [2.45, 2.75) is 33.7 Å². The molecule has 0 saturated heterocycles. The van der Waals surface area contributed by atoms with Gasteiger partial charge in [0.15, 0.2) is 4.80 Å². The van der Waals surface area contributed by atoms with Crippen molar-refractivity contribution in [2.75, 3.05) is 6.61 Å². The first-order valence-electron chi connectivity index (χ1n) is 12.6. The number of hydrogen-bond donors (Lipinski definition) is 1. The molecule has 0 aliphatic carbocycles. The van der Waals surface area contributed by atoms with Gasteiger partial charge in [-0.2, -0.15) is 0 Å². The number of allylic oxidation sites excluding steroid dienone is 1. The van der Waals surface area contributed by atoms with Crippen LogP contribution in [0.4, 0.5) is 0 Å². The Morgan fingerprint density at radius 1 is 1.10 bits per heavy atom. The fraction of sp³-hybridized carbons (Fsp3) is 0.200. The zero-order valence-electron chi connectivity index (χ0n) is 22.3. The van der Waals surface area contributed by atoms with E-state index >= 15 is 0 Å². The molecular weight excluding hydrogens is 550 g/mol. The van der Waals surface area contributed by atoms with Gasteiger partial charge >= 0.3 is 11.9 Å². The maximum atomic E-state index is 13.9. The molecule has 0 amide bonds. The van der Waals surface area contributed by atoms with Crippen LogP contribution >= 0.6 is 22.9 Å². The van der Waals surface area contributed by atoms with E-state index in [0.717, 1.165) is 28.2 Å². The Bertz CT molecular complexity index is 1860. The lowest BCUT2D eigenvalue weighted by Gasteiger charge is -2.24. The number of carbonyl (C=O) groups is 2. The number of rotatable bonds is 6. The summed E-state index contributed by atoms with van der Waals surface area (Å²) in [6.07, 6.45) is 1.83. The van der Waals surface area contributed by atoms with Gasteiger partial charge in [0.2, 0.25) is 0 Å². The first-order chi connectivity index (χ1) is 19.1. The zero-order valence-corrected chi connectivity index (χ0v) is 23.8. The van der Waals surface area contributed by atoms with Gasteiger partial charge in [-0.3, -0.25) is 9.36 Å². The van der Waals surface area contributed by atoms with E-state index in [1.807, 2.05) is 30.6 Å². The van der Waals surface area contributed by atoms with Crippen molar-refractivity contribution in [1.82, 2.24) is 9.13 Å². The van der Waals surface area contributed by atoms with Crippen molar-refractivity contribution in [1.29, 1.82) is 0 Å². The molecule has 1 unspecified atom stereocenters. The van der Waals surface area contributed by atoms with Crippen LogP contribution in [0, 0.1) is 13.8 Å². The fourth-order valence-corrected chi connectivity index (χ4v) is 6.14. The van der Waals surface area contributed by atoms with Crippen molar-refractivity contribution in [2.24, 2.45) is 4.99 Å². The largest absolute Gasteiger partial charge is 0.478 e. The van der Waals surface area contributed by atoms with Crippen LogP contribution in [0.25, 0.3) is 11.8 Å². The van der Waals surface area contributed by atoms with Crippen molar-refractivity contribution in [3.05, 3.63) is 119 Å². The standard InChI is InChI=1S/C30H26ClN3O5S/c1-5-39-29(38)25-17(3)32-30-34(26(25)19-6-10-22(31)11-7-19)27(35)24(40-30)15-21-14-16(2)33(18(21)4)23-12-8-20(9-13-23)28(36)37/h6-15,26H,5H2,1-4H3,(H,36,37). The number of halogens is 1. The SMILES string of the molecule is CCOC(=O)C1=C(C)N=c2sc(=Cc3cc(C)n(-c4ccc(C(=O)O)cc4)c3C)c(=O)n2C1c1ccc(Cl)cc1. The van der Waals surface area contributed by atoms with Gasteiger partial charge in [0, 0.05) is 22.1 Å². The molecule has 5 rings (SSSR count). The molecule has 0 fully saturated rings. The Morgan fingerprint density at radius 2 is 1.77 bits per heavy atom. The quantitative estimate of drug-likeness (QED) is 0.340. The fourth-order valence-electron chi connectivity index (χ4n) is 4.98. The molecule has 8 nitrogen and oxygen atoms in total. The molecule has 1 N–H and O–H groups in total. The Hall–Kier alpha value is -4.21. The summed E-state index contributed by atoms with van der Waals surface area (Å²) in [6.45, 7) is 7.57. The lowest BCUT2D eigenvalue weighted by Crippen LogP contribution is -2.39. The number of aromatic carboxylic acids is 1. The minimum absolute atomic E-state index is 0.196. The smallest absolute Gasteiger partial charge is 0.338 e. The number of benzene rings is 2. The summed E-state index contributed by atoms with van der Waals surface area (Å²) in [4.78, 5) is 43.3. The highest BCUT2D eigenvalue weighted by molar-refractivity contribution is 7.07. The maximum Gasteiger partial charge on any atom is 0.338 e. The first kappa shape index (κ1) is 27.4. The van der Waals surface area contributed by atoms with Crippen molar-refractivity contribution >= 4 is 41.0 Å². The van der Waals surface area contributed by atoms with E-state index in [1.54, 1.807) is 66.9 Å². The highest BCUT2D eigenvalue weighted by atomic mass is 35.5. The van der Waals surface area contributed by atoms with Gasteiger partial charge in [0.25, 0.3) is 5.56 Å². The number of nitrogens with zero attached hydrogens (tertiary/aromatic N) is 3. The zero-order chi connectivity index (χ0) is 28.7. The number of thiazole rings is 1. The Balaban J connectivity index is 1.66. The summed E-state index contributed by atoms with van der Waals surface area (Å²) in [5.74, 6) is -1.50. The number of carboxylic acids is 1. The second kappa shape index (κ2) is 10.7. The molecule has 0 radical (unpaired) electrons. The molecule has 2 aromatic heterocycles. The lowest BCUT2D eigenvalue weighted by molar-refractivity contribution is -0.139. The molecule has 1 aliphatic heterocycles. The minimum atomic E-state index is -0.984. The lowest BCUT2D eigenvalue weighted by atomic mass is 9.96. The van der Waals surface area contributed by atoms with Gasteiger partial charge in [-0.15, -0.1) is 0 Å².